The molecule has 26 heavy (non-hydrogen) atoms. The highest BCUT2D eigenvalue weighted by atomic mass is 16.5. The second-order valence-corrected chi connectivity index (χ2v) is 6.45. The number of para-hydroxylation sites is 2. The fraction of sp³-hybridized carbons (Fsp3) is 0.450. The normalized spacial score (nSPS) is 10.9. The van der Waals surface area contributed by atoms with Gasteiger partial charge in [-0.3, -0.25) is 9.59 Å². The predicted octanol–water partition coefficient (Wildman–Crippen LogP) is 3.00. The third kappa shape index (κ3) is 5.72. The molecule has 0 fully saturated rings. The maximum Gasteiger partial charge on any atom is 0.326 e. The highest BCUT2D eigenvalue weighted by Crippen LogP contribution is 2.18. The van der Waals surface area contributed by atoms with Gasteiger partial charge in [0.25, 0.3) is 0 Å². The highest BCUT2D eigenvalue weighted by Gasteiger charge is 2.14. The Morgan fingerprint density at radius 3 is 2.77 bits per heavy atom. The van der Waals surface area contributed by atoms with Crippen LogP contribution >= 0.6 is 0 Å². The zero-order valence-electron chi connectivity index (χ0n) is 15.5. The molecule has 0 spiro atoms. The summed E-state index contributed by atoms with van der Waals surface area (Å²) in [6.45, 7) is 7.92. The lowest BCUT2D eigenvalue weighted by atomic mass is 10.2. The van der Waals surface area contributed by atoms with E-state index in [1.807, 2.05) is 42.7 Å². The Bertz CT molecular complexity index is 765. The van der Waals surface area contributed by atoms with Crippen LogP contribution in [-0.2, 0) is 27.3 Å². The van der Waals surface area contributed by atoms with E-state index in [2.05, 4.69) is 16.9 Å². The van der Waals surface area contributed by atoms with E-state index in [1.54, 1.807) is 0 Å². The SMILES string of the molecule is C=CC(=O)NCCCCCc1nc2ccccc2n1CC(=O)OC(C)C. The van der Waals surface area contributed by atoms with Gasteiger partial charge < -0.3 is 14.6 Å². The van der Waals surface area contributed by atoms with Crippen LogP contribution in [0.15, 0.2) is 36.9 Å². The number of amides is 1. The molecule has 1 N–H and O–H groups in total. The number of imidazole rings is 1. The number of benzene rings is 1. The molecule has 0 aliphatic carbocycles. The van der Waals surface area contributed by atoms with Crippen molar-refractivity contribution in [1.29, 1.82) is 0 Å². The Hall–Kier alpha value is -2.63. The number of carbonyl (C=O) groups excluding carboxylic acids is 2. The molecular formula is C20H27N3O3. The van der Waals surface area contributed by atoms with Crippen LogP contribution in [0.5, 0.6) is 0 Å². The molecule has 6 heteroatoms. The van der Waals surface area contributed by atoms with E-state index < -0.39 is 0 Å². The predicted molar refractivity (Wildman–Crippen MR) is 102 cm³/mol. The fourth-order valence-corrected chi connectivity index (χ4v) is 2.79. The first-order chi connectivity index (χ1) is 12.5. The van der Waals surface area contributed by atoms with E-state index in [0.29, 0.717) is 6.54 Å². The van der Waals surface area contributed by atoms with E-state index in [-0.39, 0.29) is 24.5 Å². The summed E-state index contributed by atoms with van der Waals surface area (Å²) in [4.78, 5) is 27.9. The van der Waals surface area contributed by atoms with Gasteiger partial charge in [-0.15, -0.1) is 0 Å². The maximum atomic E-state index is 12.1. The monoisotopic (exact) mass is 357 g/mol. The Morgan fingerprint density at radius 1 is 1.27 bits per heavy atom. The largest absolute Gasteiger partial charge is 0.462 e. The van der Waals surface area contributed by atoms with E-state index >= 15 is 0 Å². The smallest absolute Gasteiger partial charge is 0.326 e. The number of aromatic nitrogens is 2. The highest BCUT2D eigenvalue weighted by molar-refractivity contribution is 5.86. The topological polar surface area (TPSA) is 73.2 Å². The Labute approximate surface area is 154 Å². The van der Waals surface area contributed by atoms with Gasteiger partial charge in [0.1, 0.15) is 12.4 Å². The van der Waals surface area contributed by atoms with Crippen LogP contribution in [0.25, 0.3) is 11.0 Å². The molecule has 0 radical (unpaired) electrons. The number of carbonyl (C=O) groups is 2. The number of hydrogen-bond acceptors (Lipinski definition) is 4. The van der Waals surface area contributed by atoms with Gasteiger partial charge in [0.15, 0.2) is 0 Å². The summed E-state index contributed by atoms with van der Waals surface area (Å²) in [5, 5.41) is 2.77. The number of rotatable bonds is 10. The van der Waals surface area contributed by atoms with Crippen molar-refractivity contribution in [3.05, 3.63) is 42.7 Å². The van der Waals surface area contributed by atoms with Crippen LogP contribution < -0.4 is 5.32 Å². The number of aryl methyl sites for hydroxylation is 1. The summed E-state index contributed by atoms with van der Waals surface area (Å²) in [5.74, 6) is 0.494. The minimum atomic E-state index is -0.253. The van der Waals surface area contributed by atoms with E-state index in [4.69, 9.17) is 4.74 Å². The van der Waals surface area contributed by atoms with Crippen LogP contribution in [0.1, 0.15) is 38.9 Å². The molecule has 2 rings (SSSR count). The Morgan fingerprint density at radius 2 is 2.04 bits per heavy atom. The van der Waals surface area contributed by atoms with Crippen molar-refractivity contribution in [1.82, 2.24) is 14.9 Å². The van der Waals surface area contributed by atoms with E-state index in [0.717, 1.165) is 42.5 Å². The Balaban J connectivity index is 1.97. The molecule has 0 atom stereocenters. The lowest BCUT2D eigenvalue weighted by molar-refractivity contribution is -0.148. The molecule has 0 saturated carbocycles. The van der Waals surface area contributed by atoms with Gasteiger partial charge in [-0.25, -0.2) is 4.98 Å². The molecule has 0 aliphatic heterocycles. The van der Waals surface area contributed by atoms with E-state index in [9.17, 15) is 9.59 Å². The number of unbranched alkanes of at least 4 members (excludes halogenated alkanes) is 2. The molecule has 1 aromatic heterocycles. The molecule has 1 aromatic carbocycles. The number of nitrogens with one attached hydrogen (secondary N) is 1. The zero-order chi connectivity index (χ0) is 18.9. The number of hydrogen-bond donors (Lipinski definition) is 1. The van der Waals surface area contributed by atoms with Gasteiger partial charge in [0, 0.05) is 13.0 Å². The third-order valence-electron chi connectivity index (χ3n) is 3.95. The minimum absolute atomic E-state index is 0.133. The van der Waals surface area contributed by atoms with Gasteiger partial charge in [-0.1, -0.05) is 25.1 Å². The lowest BCUT2D eigenvalue weighted by Crippen LogP contribution is -2.21. The fourth-order valence-electron chi connectivity index (χ4n) is 2.79. The van der Waals surface area contributed by atoms with Crippen LogP contribution in [0.2, 0.25) is 0 Å². The number of esters is 1. The Kier molecular flexibility index (Phi) is 7.38. The van der Waals surface area contributed by atoms with E-state index in [1.165, 1.54) is 6.08 Å². The van der Waals surface area contributed by atoms with Crippen LogP contribution in [-0.4, -0.2) is 34.1 Å². The molecule has 1 amide bonds. The first-order valence-electron chi connectivity index (χ1n) is 9.05. The van der Waals surface area contributed by atoms with Gasteiger partial charge in [-0.2, -0.15) is 0 Å². The molecule has 140 valence electrons. The second-order valence-electron chi connectivity index (χ2n) is 6.45. The molecule has 0 unspecified atom stereocenters. The summed E-state index contributed by atoms with van der Waals surface area (Å²) in [6, 6.07) is 7.81. The first kappa shape index (κ1) is 19.7. The molecule has 2 aromatic rings. The maximum absolute atomic E-state index is 12.1. The summed E-state index contributed by atoms with van der Waals surface area (Å²) < 4.78 is 7.23. The number of fused-ring (bicyclic) bond motifs is 1. The van der Waals surface area contributed by atoms with Crippen molar-refractivity contribution in [2.75, 3.05) is 6.54 Å². The van der Waals surface area contributed by atoms with Crippen LogP contribution in [0.3, 0.4) is 0 Å². The molecule has 0 bridgehead atoms. The summed E-state index contributed by atoms with van der Waals surface area (Å²) in [6.07, 6.45) is 4.72. The van der Waals surface area contributed by atoms with Crippen molar-refractivity contribution in [2.45, 2.75) is 52.2 Å². The van der Waals surface area contributed by atoms with Crippen molar-refractivity contribution in [2.24, 2.45) is 0 Å². The van der Waals surface area contributed by atoms with Gasteiger partial charge in [-0.05, 0) is 44.9 Å². The number of nitrogens with zero attached hydrogens (tertiary/aromatic N) is 2. The molecule has 6 nitrogen and oxygen atoms in total. The summed E-state index contributed by atoms with van der Waals surface area (Å²) in [7, 11) is 0. The number of ether oxygens (including phenoxy) is 1. The molecule has 0 saturated heterocycles. The molecular weight excluding hydrogens is 330 g/mol. The summed E-state index contributed by atoms with van der Waals surface area (Å²) in [5.41, 5.74) is 1.83. The third-order valence-corrected chi connectivity index (χ3v) is 3.95. The zero-order valence-corrected chi connectivity index (χ0v) is 15.5. The van der Waals surface area contributed by atoms with Gasteiger partial charge in [0.2, 0.25) is 5.91 Å². The van der Waals surface area contributed by atoms with Gasteiger partial charge in [0.05, 0.1) is 17.1 Å². The average molecular weight is 357 g/mol. The van der Waals surface area contributed by atoms with Crippen molar-refractivity contribution in [3.63, 3.8) is 0 Å². The lowest BCUT2D eigenvalue weighted by Gasteiger charge is -2.11. The van der Waals surface area contributed by atoms with Crippen LogP contribution in [0.4, 0.5) is 0 Å². The van der Waals surface area contributed by atoms with Crippen molar-refractivity contribution >= 4 is 22.9 Å². The van der Waals surface area contributed by atoms with Gasteiger partial charge >= 0.3 is 5.97 Å². The molecule has 1 heterocycles. The average Bonchev–Trinajstić information content (AvgIpc) is 2.94. The first-order valence-corrected chi connectivity index (χ1v) is 9.05. The van der Waals surface area contributed by atoms with Crippen molar-refractivity contribution < 1.29 is 14.3 Å². The quantitative estimate of drug-likeness (QED) is 0.403. The minimum Gasteiger partial charge on any atom is -0.462 e. The standard InChI is InChI=1S/C20H27N3O3/c1-4-19(24)21-13-9-5-6-12-18-22-16-10-7-8-11-17(16)23(18)14-20(25)26-15(2)3/h4,7-8,10-11,15H,1,5-6,9,12-14H2,2-3H3,(H,21,24). The van der Waals surface area contributed by atoms with Crippen LogP contribution in [0, 0.1) is 0 Å². The molecule has 0 aliphatic rings. The van der Waals surface area contributed by atoms with Crippen molar-refractivity contribution in [3.8, 4) is 0 Å². The second kappa shape index (κ2) is 9.75. The summed E-state index contributed by atoms with van der Waals surface area (Å²) >= 11 is 0.